The van der Waals surface area contributed by atoms with Gasteiger partial charge in [0, 0.05) is 11.6 Å². The molecule has 1 saturated carbocycles. The van der Waals surface area contributed by atoms with Crippen molar-refractivity contribution in [3.05, 3.63) is 33.5 Å². The van der Waals surface area contributed by atoms with E-state index in [4.69, 9.17) is 9.47 Å². The molecule has 2 heterocycles. The van der Waals surface area contributed by atoms with Crippen LogP contribution in [-0.2, 0) is 20.4 Å². The number of nitrogens with zero attached hydrogens (tertiary/aromatic N) is 2. The Hall–Kier alpha value is -2.89. The number of ether oxygens (including phenoxy) is 2. The van der Waals surface area contributed by atoms with E-state index in [9.17, 15) is 27.6 Å². The van der Waals surface area contributed by atoms with E-state index >= 15 is 0 Å². The molecule has 0 aliphatic heterocycles. The molecule has 1 N–H and O–H groups in total. The molecule has 3 rings (SSSR count). The lowest BCUT2D eigenvalue weighted by atomic mass is 10.1. The van der Waals surface area contributed by atoms with Gasteiger partial charge in [-0.05, 0) is 59.1 Å². The number of thiophene rings is 1. The van der Waals surface area contributed by atoms with Gasteiger partial charge < -0.3 is 14.8 Å². The Bertz CT molecular complexity index is 1100. The van der Waals surface area contributed by atoms with Crippen LogP contribution < -0.4 is 5.32 Å². The standard InChI is InChI=1S/C22H26F3N3O5S/c1-6-32-21(31)17-11(4)16(20(30)33-10(2)3)19(34-17)26-18(29)12(5)28-14(13-7-8-13)9-15(27-28)22(23,24)25/h9-10,12-13H,6-8H2,1-5H3,(H,26,29). The second-order valence-corrected chi connectivity index (χ2v) is 9.29. The zero-order valence-electron chi connectivity index (χ0n) is 19.4. The fraction of sp³-hybridized carbons (Fsp3) is 0.545. The summed E-state index contributed by atoms with van der Waals surface area (Å²) in [6.45, 7) is 8.02. The molecule has 12 heteroatoms. The molecule has 1 amide bonds. The summed E-state index contributed by atoms with van der Waals surface area (Å²) in [5, 5.41) is 6.29. The van der Waals surface area contributed by atoms with Crippen molar-refractivity contribution in [3.63, 3.8) is 0 Å². The topological polar surface area (TPSA) is 99.5 Å². The highest BCUT2D eigenvalue weighted by atomic mass is 32.1. The number of rotatable bonds is 8. The predicted octanol–water partition coefficient (Wildman–Crippen LogP) is 5.09. The van der Waals surface area contributed by atoms with Gasteiger partial charge in [0.15, 0.2) is 5.69 Å². The number of anilines is 1. The Labute approximate surface area is 198 Å². The number of aromatic nitrogens is 2. The lowest BCUT2D eigenvalue weighted by Gasteiger charge is -2.16. The van der Waals surface area contributed by atoms with E-state index in [2.05, 4.69) is 10.4 Å². The number of hydrogen-bond donors (Lipinski definition) is 1. The second-order valence-electron chi connectivity index (χ2n) is 8.27. The third-order valence-electron chi connectivity index (χ3n) is 5.19. The monoisotopic (exact) mass is 501 g/mol. The van der Waals surface area contributed by atoms with Crippen molar-refractivity contribution in [2.75, 3.05) is 11.9 Å². The van der Waals surface area contributed by atoms with Gasteiger partial charge in [-0.3, -0.25) is 9.48 Å². The summed E-state index contributed by atoms with van der Waals surface area (Å²) in [7, 11) is 0. The van der Waals surface area contributed by atoms with E-state index < -0.39 is 41.9 Å². The lowest BCUT2D eigenvalue weighted by Crippen LogP contribution is -2.26. The number of carbonyl (C=O) groups excluding carboxylic acids is 3. The van der Waals surface area contributed by atoms with Gasteiger partial charge >= 0.3 is 18.1 Å². The van der Waals surface area contributed by atoms with Crippen LogP contribution in [0.3, 0.4) is 0 Å². The lowest BCUT2D eigenvalue weighted by molar-refractivity contribution is -0.141. The average Bonchev–Trinajstić information content (AvgIpc) is 3.37. The van der Waals surface area contributed by atoms with Crippen LogP contribution in [0.1, 0.15) is 89.5 Å². The molecule has 0 spiro atoms. The molecule has 186 valence electrons. The van der Waals surface area contributed by atoms with E-state index in [-0.39, 0.29) is 33.5 Å². The summed E-state index contributed by atoms with van der Waals surface area (Å²) in [6.07, 6.45) is -3.66. The molecule has 2 aromatic rings. The van der Waals surface area contributed by atoms with Gasteiger partial charge in [0.05, 0.1) is 18.3 Å². The summed E-state index contributed by atoms with van der Waals surface area (Å²) >= 11 is 0.846. The SMILES string of the molecule is CCOC(=O)c1sc(NC(=O)C(C)n2nc(C(F)(F)F)cc2C2CC2)c(C(=O)OC(C)C)c1C. The van der Waals surface area contributed by atoms with Crippen LogP contribution in [0.15, 0.2) is 6.07 Å². The first-order valence-electron chi connectivity index (χ1n) is 10.8. The molecule has 1 aliphatic rings. The maximum atomic E-state index is 13.2. The molecule has 0 saturated heterocycles. The summed E-state index contributed by atoms with van der Waals surface area (Å²) < 4.78 is 51.1. The molecular formula is C22H26F3N3O5S. The Morgan fingerprint density at radius 1 is 1.24 bits per heavy atom. The highest BCUT2D eigenvalue weighted by molar-refractivity contribution is 7.18. The molecule has 1 unspecified atom stereocenters. The van der Waals surface area contributed by atoms with Gasteiger partial charge in [-0.25, -0.2) is 9.59 Å². The van der Waals surface area contributed by atoms with Gasteiger partial charge in [0.25, 0.3) is 0 Å². The van der Waals surface area contributed by atoms with Crippen LogP contribution >= 0.6 is 11.3 Å². The average molecular weight is 502 g/mol. The van der Waals surface area contributed by atoms with Gasteiger partial charge in [0.2, 0.25) is 5.91 Å². The first-order valence-corrected chi connectivity index (χ1v) is 11.7. The molecule has 2 aromatic heterocycles. The molecule has 1 atom stereocenters. The largest absolute Gasteiger partial charge is 0.462 e. The minimum Gasteiger partial charge on any atom is -0.462 e. The summed E-state index contributed by atoms with van der Waals surface area (Å²) in [6, 6.07) is -0.129. The minimum absolute atomic E-state index is 0.00108. The van der Waals surface area contributed by atoms with Crippen LogP contribution in [0.5, 0.6) is 0 Å². The first-order chi connectivity index (χ1) is 15.8. The van der Waals surface area contributed by atoms with Crippen molar-refractivity contribution in [1.82, 2.24) is 9.78 Å². The van der Waals surface area contributed by atoms with Gasteiger partial charge in [-0.2, -0.15) is 18.3 Å². The highest BCUT2D eigenvalue weighted by Gasteiger charge is 2.39. The second kappa shape index (κ2) is 9.77. The van der Waals surface area contributed by atoms with Crippen molar-refractivity contribution in [2.24, 2.45) is 0 Å². The van der Waals surface area contributed by atoms with E-state index in [1.54, 1.807) is 20.8 Å². The molecule has 1 fully saturated rings. The fourth-order valence-electron chi connectivity index (χ4n) is 3.38. The van der Waals surface area contributed by atoms with Crippen LogP contribution in [0.2, 0.25) is 0 Å². The predicted molar refractivity (Wildman–Crippen MR) is 118 cm³/mol. The van der Waals surface area contributed by atoms with Crippen molar-refractivity contribution in [2.45, 2.75) is 71.7 Å². The number of nitrogens with one attached hydrogen (secondary N) is 1. The van der Waals surface area contributed by atoms with E-state index in [0.717, 1.165) is 34.9 Å². The molecule has 8 nitrogen and oxygen atoms in total. The molecule has 1 aliphatic carbocycles. The number of hydrogen-bond acceptors (Lipinski definition) is 7. The number of alkyl halides is 3. The highest BCUT2D eigenvalue weighted by Crippen LogP contribution is 2.43. The fourth-order valence-corrected chi connectivity index (χ4v) is 4.47. The molecule has 34 heavy (non-hydrogen) atoms. The molecule has 0 bridgehead atoms. The molecular weight excluding hydrogens is 475 g/mol. The van der Waals surface area contributed by atoms with Gasteiger partial charge in [-0.1, -0.05) is 0 Å². The maximum Gasteiger partial charge on any atom is 0.435 e. The van der Waals surface area contributed by atoms with Crippen LogP contribution in [0.25, 0.3) is 0 Å². The zero-order valence-corrected chi connectivity index (χ0v) is 20.2. The smallest absolute Gasteiger partial charge is 0.435 e. The number of amides is 1. The summed E-state index contributed by atoms with van der Waals surface area (Å²) in [5.74, 6) is -2.17. The van der Waals surface area contributed by atoms with Crippen molar-refractivity contribution < 1.29 is 37.0 Å². The van der Waals surface area contributed by atoms with E-state index in [0.29, 0.717) is 5.69 Å². The van der Waals surface area contributed by atoms with Crippen LogP contribution in [0.4, 0.5) is 18.2 Å². The van der Waals surface area contributed by atoms with E-state index in [1.165, 1.54) is 13.8 Å². The third-order valence-corrected chi connectivity index (χ3v) is 6.38. The third kappa shape index (κ3) is 5.43. The van der Waals surface area contributed by atoms with Crippen molar-refractivity contribution >= 4 is 34.2 Å². The Balaban J connectivity index is 1.95. The van der Waals surface area contributed by atoms with Gasteiger partial charge in [0.1, 0.15) is 15.9 Å². The Kier molecular flexibility index (Phi) is 7.39. The van der Waals surface area contributed by atoms with Crippen molar-refractivity contribution in [3.8, 4) is 0 Å². The van der Waals surface area contributed by atoms with Gasteiger partial charge in [-0.15, -0.1) is 11.3 Å². The maximum absolute atomic E-state index is 13.2. The summed E-state index contributed by atoms with van der Waals surface area (Å²) in [5.41, 5.74) is -0.439. The van der Waals surface area contributed by atoms with E-state index in [1.807, 2.05) is 0 Å². The normalized spacial score (nSPS) is 14.7. The molecule has 0 aromatic carbocycles. The quantitative estimate of drug-likeness (QED) is 0.506. The van der Waals surface area contributed by atoms with Crippen molar-refractivity contribution in [1.29, 1.82) is 0 Å². The summed E-state index contributed by atoms with van der Waals surface area (Å²) in [4.78, 5) is 38.2. The number of halogens is 3. The minimum atomic E-state index is -4.64. The molecule has 0 radical (unpaired) electrons. The van der Waals surface area contributed by atoms with Crippen LogP contribution in [0, 0.1) is 6.92 Å². The number of carbonyl (C=O) groups is 3. The zero-order chi connectivity index (χ0) is 25.4. The first kappa shape index (κ1) is 25.7. The Morgan fingerprint density at radius 2 is 1.88 bits per heavy atom. The number of esters is 2. The van der Waals surface area contributed by atoms with Crippen LogP contribution in [-0.4, -0.2) is 40.3 Å². The Morgan fingerprint density at radius 3 is 2.41 bits per heavy atom.